The van der Waals surface area contributed by atoms with Crippen LogP contribution in [0.25, 0.3) is 11.0 Å². The molecule has 0 saturated heterocycles. The number of aromatic nitrogens is 1. The quantitative estimate of drug-likeness (QED) is 0.389. The summed E-state index contributed by atoms with van der Waals surface area (Å²) in [5.74, 6) is -0.666. The van der Waals surface area contributed by atoms with Crippen LogP contribution in [0.3, 0.4) is 0 Å². The van der Waals surface area contributed by atoms with Crippen LogP contribution in [0.15, 0.2) is 64.4 Å². The summed E-state index contributed by atoms with van der Waals surface area (Å²) in [4.78, 5) is 30.3. The van der Waals surface area contributed by atoms with Crippen LogP contribution in [0.4, 0.5) is 10.8 Å². The van der Waals surface area contributed by atoms with Crippen molar-refractivity contribution in [2.75, 3.05) is 4.90 Å². The maximum absolute atomic E-state index is 12.3. The summed E-state index contributed by atoms with van der Waals surface area (Å²) in [6, 6.07) is 15.9. The first-order valence-corrected chi connectivity index (χ1v) is 9.93. The minimum Gasteiger partial charge on any atom is -0.453 e. The lowest BCUT2D eigenvalue weighted by Crippen LogP contribution is -2.22. The van der Waals surface area contributed by atoms with E-state index in [2.05, 4.69) is 4.98 Å². The van der Waals surface area contributed by atoms with Gasteiger partial charge in [0.1, 0.15) is 12.2 Å². The van der Waals surface area contributed by atoms with Gasteiger partial charge in [-0.25, -0.2) is 9.78 Å². The number of rotatable bonds is 5. The molecule has 6 nitrogen and oxygen atoms in total. The molecule has 0 aliphatic carbocycles. The first-order chi connectivity index (χ1) is 14.0. The van der Waals surface area contributed by atoms with Gasteiger partial charge in [-0.05, 0) is 36.4 Å². The number of thiazole rings is 1. The third-order valence-electron chi connectivity index (χ3n) is 4.09. The highest BCUT2D eigenvalue weighted by molar-refractivity contribution is 7.14. The Morgan fingerprint density at radius 2 is 1.97 bits per heavy atom. The SMILES string of the molecule is CC(=O)N(c1ccccc1)c1nc(COC(=O)c2cc3cc(Cl)ccc3o2)cs1. The maximum Gasteiger partial charge on any atom is 0.374 e. The zero-order valence-corrected chi connectivity index (χ0v) is 16.9. The van der Waals surface area contributed by atoms with Crippen molar-refractivity contribution in [2.45, 2.75) is 13.5 Å². The van der Waals surface area contributed by atoms with Gasteiger partial charge in [-0.3, -0.25) is 9.69 Å². The van der Waals surface area contributed by atoms with Gasteiger partial charge in [0.15, 0.2) is 5.13 Å². The molecule has 0 radical (unpaired) electrons. The average molecular weight is 427 g/mol. The molecule has 2 aromatic carbocycles. The first kappa shape index (κ1) is 19.2. The molecule has 1 amide bonds. The van der Waals surface area contributed by atoms with Crippen LogP contribution in [0.2, 0.25) is 5.02 Å². The number of carbonyl (C=O) groups is 2. The maximum atomic E-state index is 12.3. The van der Waals surface area contributed by atoms with Gasteiger partial charge in [-0.15, -0.1) is 11.3 Å². The molecule has 8 heteroatoms. The van der Waals surface area contributed by atoms with Crippen LogP contribution in [-0.2, 0) is 16.1 Å². The smallest absolute Gasteiger partial charge is 0.374 e. The predicted molar refractivity (Wildman–Crippen MR) is 112 cm³/mol. The van der Waals surface area contributed by atoms with Gasteiger partial charge >= 0.3 is 5.97 Å². The molecule has 0 aliphatic rings. The second-order valence-corrected chi connectivity index (χ2v) is 7.45. The number of nitrogens with zero attached hydrogens (tertiary/aromatic N) is 2. The number of ether oxygens (including phenoxy) is 1. The molecule has 0 spiro atoms. The van der Waals surface area contributed by atoms with Crippen molar-refractivity contribution < 1.29 is 18.7 Å². The molecule has 0 saturated carbocycles. The van der Waals surface area contributed by atoms with E-state index in [1.165, 1.54) is 23.2 Å². The Kier molecular flexibility index (Phi) is 5.33. The fourth-order valence-corrected chi connectivity index (χ4v) is 3.85. The second kappa shape index (κ2) is 8.06. The van der Waals surface area contributed by atoms with Crippen LogP contribution in [0, 0.1) is 0 Å². The number of anilines is 2. The normalized spacial score (nSPS) is 10.8. The van der Waals surface area contributed by atoms with E-state index < -0.39 is 5.97 Å². The van der Waals surface area contributed by atoms with Crippen LogP contribution in [-0.4, -0.2) is 16.9 Å². The zero-order valence-electron chi connectivity index (χ0n) is 15.3. The molecular weight excluding hydrogens is 412 g/mol. The lowest BCUT2D eigenvalue weighted by molar-refractivity contribution is -0.115. The van der Waals surface area contributed by atoms with Crippen molar-refractivity contribution in [3.63, 3.8) is 0 Å². The summed E-state index contributed by atoms with van der Waals surface area (Å²) in [5.41, 5.74) is 1.82. The van der Waals surface area contributed by atoms with Gasteiger partial charge in [0.25, 0.3) is 0 Å². The van der Waals surface area contributed by atoms with Gasteiger partial charge < -0.3 is 9.15 Å². The number of furan rings is 1. The summed E-state index contributed by atoms with van der Waals surface area (Å²) in [5, 5.41) is 3.54. The fourth-order valence-electron chi connectivity index (χ4n) is 2.79. The number of halogens is 1. The molecule has 4 aromatic rings. The van der Waals surface area contributed by atoms with E-state index in [0.717, 1.165) is 11.1 Å². The predicted octanol–water partition coefficient (Wildman–Crippen LogP) is 5.58. The second-order valence-electron chi connectivity index (χ2n) is 6.18. The minimum atomic E-state index is -0.599. The van der Waals surface area contributed by atoms with E-state index >= 15 is 0 Å². The topological polar surface area (TPSA) is 72.6 Å². The van der Waals surface area contributed by atoms with Crippen molar-refractivity contribution in [2.24, 2.45) is 0 Å². The monoisotopic (exact) mass is 426 g/mol. The third kappa shape index (κ3) is 4.16. The Bertz CT molecular complexity index is 1190. The van der Waals surface area contributed by atoms with Crippen LogP contribution in [0.5, 0.6) is 0 Å². The van der Waals surface area contributed by atoms with E-state index in [0.29, 0.717) is 21.4 Å². The summed E-state index contributed by atoms with van der Waals surface area (Å²) >= 11 is 7.25. The van der Waals surface area contributed by atoms with Gasteiger partial charge in [0.2, 0.25) is 11.7 Å². The fraction of sp³-hybridized carbons (Fsp3) is 0.0952. The molecule has 0 atom stereocenters. The van der Waals surface area contributed by atoms with Crippen molar-refractivity contribution in [1.82, 2.24) is 4.98 Å². The first-order valence-electron chi connectivity index (χ1n) is 8.67. The van der Waals surface area contributed by atoms with E-state index in [4.69, 9.17) is 20.8 Å². The van der Waals surface area contributed by atoms with E-state index in [1.54, 1.807) is 29.6 Å². The number of para-hydroxylation sites is 1. The number of hydrogen-bond acceptors (Lipinski definition) is 6. The van der Waals surface area contributed by atoms with Gasteiger partial charge in [-0.2, -0.15) is 0 Å². The molecule has 2 heterocycles. The van der Waals surface area contributed by atoms with Crippen molar-refractivity contribution in [1.29, 1.82) is 0 Å². The zero-order chi connectivity index (χ0) is 20.4. The number of benzene rings is 2. The number of esters is 1. The Hall–Kier alpha value is -3.16. The summed E-state index contributed by atoms with van der Waals surface area (Å²) in [6.07, 6.45) is 0. The van der Waals surface area contributed by atoms with Crippen LogP contribution in [0.1, 0.15) is 23.2 Å². The summed E-state index contributed by atoms with van der Waals surface area (Å²) in [7, 11) is 0. The average Bonchev–Trinajstić information content (AvgIpc) is 3.33. The van der Waals surface area contributed by atoms with E-state index in [1.807, 2.05) is 30.3 Å². The van der Waals surface area contributed by atoms with E-state index in [9.17, 15) is 9.59 Å². The Labute approximate surface area is 175 Å². The number of carbonyl (C=O) groups excluding carboxylic acids is 2. The Balaban J connectivity index is 1.47. The number of hydrogen-bond donors (Lipinski definition) is 0. The summed E-state index contributed by atoms with van der Waals surface area (Å²) < 4.78 is 10.8. The van der Waals surface area contributed by atoms with E-state index in [-0.39, 0.29) is 18.3 Å². The summed E-state index contributed by atoms with van der Waals surface area (Å²) in [6.45, 7) is 1.44. The molecule has 0 fully saturated rings. The largest absolute Gasteiger partial charge is 0.453 e. The molecule has 0 bridgehead atoms. The number of fused-ring (bicyclic) bond motifs is 1. The highest BCUT2D eigenvalue weighted by Crippen LogP contribution is 2.29. The highest BCUT2D eigenvalue weighted by atomic mass is 35.5. The lowest BCUT2D eigenvalue weighted by atomic mass is 10.2. The Morgan fingerprint density at radius 3 is 2.72 bits per heavy atom. The third-order valence-corrected chi connectivity index (χ3v) is 5.20. The van der Waals surface area contributed by atoms with Gasteiger partial charge in [-0.1, -0.05) is 29.8 Å². The molecule has 0 unspecified atom stereocenters. The van der Waals surface area contributed by atoms with Crippen molar-refractivity contribution in [3.05, 3.63) is 76.5 Å². The van der Waals surface area contributed by atoms with Crippen LogP contribution < -0.4 is 4.90 Å². The highest BCUT2D eigenvalue weighted by Gasteiger charge is 2.19. The van der Waals surface area contributed by atoms with Gasteiger partial charge in [0, 0.05) is 22.7 Å². The molecule has 2 aromatic heterocycles. The lowest BCUT2D eigenvalue weighted by Gasteiger charge is -2.17. The van der Waals surface area contributed by atoms with Crippen LogP contribution >= 0.6 is 22.9 Å². The molecule has 0 aliphatic heterocycles. The molecule has 29 heavy (non-hydrogen) atoms. The van der Waals surface area contributed by atoms with Crippen molar-refractivity contribution >= 4 is 56.6 Å². The van der Waals surface area contributed by atoms with Crippen molar-refractivity contribution in [3.8, 4) is 0 Å². The number of amides is 1. The van der Waals surface area contributed by atoms with Gasteiger partial charge in [0.05, 0.1) is 11.4 Å². The molecular formula is C21H15ClN2O4S. The minimum absolute atomic E-state index is 0.0341. The Morgan fingerprint density at radius 1 is 1.17 bits per heavy atom. The standard InChI is InChI=1S/C21H15ClN2O4S/c1-13(25)24(17-5-3-2-4-6-17)21-23-16(12-29-21)11-27-20(26)19-10-14-9-15(22)7-8-18(14)28-19/h2-10,12H,11H2,1H3. The molecule has 4 rings (SSSR count). The molecule has 0 N–H and O–H groups in total. The molecule has 146 valence electrons.